The molecular weight excluding hydrogens is 475 g/mol. The van der Waals surface area contributed by atoms with Crippen molar-refractivity contribution in [2.24, 2.45) is 11.1 Å². The number of oxime groups is 1. The number of thiazole rings is 1. The van der Waals surface area contributed by atoms with Crippen molar-refractivity contribution < 1.29 is 43.8 Å². The molecule has 1 saturated heterocycles. The Labute approximate surface area is 182 Å². The summed E-state index contributed by atoms with van der Waals surface area (Å²) in [4.78, 5) is 41.5. The van der Waals surface area contributed by atoms with Gasteiger partial charge in [0.25, 0.3) is 0 Å². The third kappa shape index (κ3) is 5.26. The lowest BCUT2D eigenvalue weighted by atomic mass is 9.89. The molecule has 2 atom stereocenters. The summed E-state index contributed by atoms with van der Waals surface area (Å²) in [6.45, 7) is 3.58. The standard InChI is InChI=1S/C15H14N4O5S2.HO4P/c1-2-6-4-25-13-7(12(21)19(13)11(6)14(22)23)3-9(20)10(18-24)8-5-26-15(16)17-8;1-4-5(2)3/h2,5,7,13,24H,1,3-4H2,(H2,16,17)(H,22,23);1H/b18-10+;. The molecule has 2 unspecified atom stereocenters. The van der Waals surface area contributed by atoms with Crippen molar-refractivity contribution in [3.63, 3.8) is 0 Å². The Bertz CT molecular complexity index is 1040. The van der Waals surface area contributed by atoms with Crippen molar-refractivity contribution >= 4 is 59.5 Å². The van der Waals surface area contributed by atoms with E-state index in [1.54, 1.807) is 0 Å². The lowest BCUT2D eigenvalue weighted by Crippen LogP contribution is -2.62. The van der Waals surface area contributed by atoms with E-state index in [4.69, 9.17) is 25.3 Å². The zero-order chi connectivity index (χ0) is 23.3. The van der Waals surface area contributed by atoms with Gasteiger partial charge in [-0.3, -0.25) is 14.5 Å². The molecule has 0 aromatic carbocycles. The number of ketones is 1. The molecule has 0 radical (unpaired) electrons. The number of aliphatic carboxylic acids is 1. The first-order valence-corrected chi connectivity index (χ1v) is 11.1. The number of hydrogen-bond donors (Lipinski definition) is 4. The Balaban J connectivity index is 0.000000614. The van der Waals surface area contributed by atoms with Gasteiger partial charge in [0.05, 0.1) is 11.3 Å². The highest BCUT2D eigenvalue weighted by Gasteiger charge is 2.53. The van der Waals surface area contributed by atoms with Crippen LogP contribution in [0.4, 0.5) is 5.13 Å². The number of nitrogen functional groups attached to an aromatic ring is 1. The number of thioether (sulfide) groups is 1. The highest BCUT2D eigenvalue weighted by molar-refractivity contribution is 8.00. The fourth-order valence-electron chi connectivity index (χ4n) is 2.88. The van der Waals surface area contributed by atoms with E-state index in [1.807, 2.05) is 0 Å². The summed E-state index contributed by atoms with van der Waals surface area (Å²) in [5.74, 6) is -2.54. The van der Waals surface area contributed by atoms with E-state index in [1.165, 1.54) is 28.1 Å². The van der Waals surface area contributed by atoms with E-state index in [2.05, 4.69) is 21.4 Å². The van der Waals surface area contributed by atoms with Crippen LogP contribution in [0.3, 0.4) is 0 Å². The molecule has 0 aliphatic carbocycles. The van der Waals surface area contributed by atoms with Gasteiger partial charge in [0, 0.05) is 17.6 Å². The molecule has 0 saturated carbocycles. The minimum atomic E-state index is -3.04. The molecule has 1 amide bonds. The smallest absolute Gasteiger partial charge is 0.477 e. The van der Waals surface area contributed by atoms with E-state index in [0.717, 1.165) is 11.3 Å². The van der Waals surface area contributed by atoms with Gasteiger partial charge in [-0.25, -0.2) is 24.2 Å². The van der Waals surface area contributed by atoms with Crippen molar-refractivity contribution in [3.05, 3.63) is 35.0 Å². The highest BCUT2D eigenvalue weighted by atomic mass is 32.2. The van der Waals surface area contributed by atoms with Gasteiger partial charge in [-0.2, -0.15) is 0 Å². The Morgan fingerprint density at radius 2 is 2.13 bits per heavy atom. The summed E-state index contributed by atoms with van der Waals surface area (Å²) >= 11 is 2.46. The first-order valence-electron chi connectivity index (χ1n) is 8.12. The maximum absolute atomic E-state index is 12.5. The van der Waals surface area contributed by atoms with Crippen LogP contribution in [0.5, 0.6) is 0 Å². The molecule has 1 fully saturated rings. The summed E-state index contributed by atoms with van der Waals surface area (Å²) < 4.78 is 20.6. The number of aromatic nitrogens is 1. The van der Waals surface area contributed by atoms with Crippen molar-refractivity contribution in [2.75, 3.05) is 11.5 Å². The number of carboxylic acid groups (broad SMARTS) is 1. The summed E-state index contributed by atoms with van der Waals surface area (Å²) in [7, 11) is -3.04. The van der Waals surface area contributed by atoms with Crippen LogP contribution >= 0.6 is 31.0 Å². The Morgan fingerprint density at radius 1 is 1.48 bits per heavy atom. The van der Waals surface area contributed by atoms with Gasteiger partial charge in [0.15, 0.2) is 16.6 Å². The number of allylic oxidation sites excluding steroid dienone is 1. The van der Waals surface area contributed by atoms with Crippen molar-refractivity contribution in [3.8, 4) is 0 Å². The molecule has 5 N–H and O–H groups in total. The van der Waals surface area contributed by atoms with Crippen molar-refractivity contribution in [1.82, 2.24) is 9.88 Å². The number of Topliss-reactive ketones (excluding diaryl/α,β-unsaturated/α-hetero) is 1. The monoisotopic (exact) mass is 490 g/mol. The summed E-state index contributed by atoms with van der Waals surface area (Å²) in [6, 6.07) is 0. The van der Waals surface area contributed by atoms with Gasteiger partial charge in [-0.1, -0.05) is 17.8 Å². The number of fused-ring (bicyclic) bond motifs is 1. The minimum Gasteiger partial charge on any atom is -0.477 e. The number of nitrogens with two attached hydrogens (primary N) is 1. The van der Waals surface area contributed by atoms with Crippen LogP contribution in [0.1, 0.15) is 12.1 Å². The predicted molar refractivity (Wildman–Crippen MR) is 108 cm³/mol. The van der Waals surface area contributed by atoms with E-state index in [-0.39, 0.29) is 28.7 Å². The minimum absolute atomic E-state index is 0.0965. The average molecular weight is 490 g/mol. The molecule has 166 valence electrons. The molecule has 16 heteroatoms. The van der Waals surface area contributed by atoms with Gasteiger partial charge < -0.3 is 16.0 Å². The number of carbonyl (C=O) groups excluding carboxylic acids is 2. The average Bonchev–Trinajstić information content (AvgIpc) is 3.17. The Hall–Kier alpha value is -2.84. The van der Waals surface area contributed by atoms with Gasteiger partial charge in [0.2, 0.25) is 5.91 Å². The summed E-state index contributed by atoms with van der Waals surface area (Å²) in [6.07, 6.45) is 1.21. The zero-order valence-electron chi connectivity index (χ0n) is 15.4. The number of rotatable bonds is 7. The molecule has 0 spiro atoms. The molecule has 3 rings (SSSR count). The quantitative estimate of drug-likeness (QED) is 0.107. The highest BCUT2D eigenvalue weighted by Crippen LogP contribution is 2.45. The van der Waals surface area contributed by atoms with Crippen LogP contribution in [0.25, 0.3) is 0 Å². The number of nitrogens with zero attached hydrogens (tertiary/aromatic N) is 3. The van der Waals surface area contributed by atoms with Gasteiger partial charge >= 0.3 is 13.9 Å². The molecule has 2 aliphatic rings. The largest absolute Gasteiger partial charge is 0.496 e. The molecule has 1 aromatic heterocycles. The molecule has 31 heavy (non-hydrogen) atoms. The molecule has 0 bridgehead atoms. The normalized spacial score (nSPS) is 20.2. The van der Waals surface area contributed by atoms with E-state index >= 15 is 0 Å². The third-order valence-electron chi connectivity index (χ3n) is 4.16. The first kappa shape index (κ1) is 24.4. The Kier molecular flexibility index (Phi) is 8.24. The number of β-lactam (4-membered cyclic amide) rings is 1. The lowest BCUT2D eigenvalue weighted by molar-refractivity contribution is -0.153. The van der Waals surface area contributed by atoms with Crippen LogP contribution in [0.2, 0.25) is 0 Å². The number of carbonyl (C=O) groups is 3. The number of carboxylic acids is 1. The van der Waals surface area contributed by atoms with Gasteiger partial charge in [0.1, 0.15) is 11.4 Å². The third-order valence-corrected chi connectivity index (χ3v) is 6.32. The number of amides is 1. The maximum atomic E-state index is 12.5. The molecule has 13 nitrogen and oxygen atoms in total. The molecule has 1 aromatic rings. The van der Waals surface area contributed by atoms with E-state index in [9.17, 15) is 19.5 Å². The van der Waals surface area contributed by atoms with Gasteiger partial charge in [-0.15, -0.1) is 27.8 Å². The number of hydrogen-bond acceptors (Lipinski definition) is 13. The zero-order valence-corrected chi connectivity index (χ0v) is 17.9. The topological polar surface area (TPSA) is 210 Å². The second-order valence-electron chi connectivity index (χ2n) is 5.85. The molecule has 3 heterocycles. The fourth-order valence-corrected chi connectivity index (χ4v) is 4.83. The van der Waals surface area contributed by atoms with E-state index in [0.29, 0.717) is 11.3 Å². The van der Waals surface area contributed by atoms with Crippen LogP contribution in [-0.2, 0) is 28.2 Å². The lowest BCUT2D eigenvalue weighted by Gasteiger charge is -2.49. The fraction of sp³-hybridized carbons (Fsp3) is 0.267. The summed E-state index contributed by atoms with van der Waals surface area (Å²) in [5, 5.41) is 29.8. The number of anilines is 1. The van der Waals surface area contributed by atoms with Crippen molar-refractivity contribution in [1.29, 1.82) is 0 Å². The molecular formula is C15H15N4O9PS2. The predicted octanol–water partition coefficient (Wildman–Crippen LogP) is 1.48. The van der Waals surface area contributed by atoms with Crippen LogP contribution < -0.4 is 5.73 Å². The van der Waals surface area contributed by atoms with E-state index < -0.39 is 36.9 Å². The second-order valence-corrected chi connectivity index (χ2v) is 8.46. The first-order chi connectivity index (χ1) is 14.7. The molecule has 2 aliphatic heterocycles. The van der Waals surface area contributed by atoms with Crippen LogP contribution in [-0.4, -0.2) is 60.0 Å². The van der Waals surface area contributed by atoms with Crippen LogP contribution in [0, 0.1) is 5.92 Å². The maximum Gasteiger partial charge on any atom is 0.496 e. The Morgan fingerprint density at radius 3 is 2.58 bits per heavy atom. The van der Waals surface area contributed by atoms with Crippen molar-refractivity contribution in [2.45, 2.75) is 11.8 Å². The van der Waals surface area contributed by atoms with Gasteiger partial charge in [-0.05, 0) is 5.57 Å². The SMILES string of the molecule is C=CC1=C(C(=O)O)N2C(=O)C(CC(=O)/C(=N/O)c3csc(N)n3)C2SC1.O=P(=O)OO. The second kappa shape index (κ2) is 10.5. The van der Waals surface area contributed by atoms with Crippen LogP contribution in [0.15, 0.2) is 34.5 Å². The summed E-state index contributed by atoms with van der Waals surface area (Å²) in [5.41, 5.74) is 5.75.